The van der Waals surface area contributed by atoms with Gasteiger partial charge in [-0.2, -0.15) is 0 Å². The van der Waals surface area contributed by atoms with Crippen LogP contribution in [0.3, 0.4) is 0 Å². The Morgan fingerprint density at radius 3 is 2.53 bits per heavy atom. The monoisotopic (exact) mass is 290 g/mol. The van der Waals surface area contributed by atoms with Crippen molar-refractivity contribution in [3.63, 3.8) is 0 Å². The summed E-state index contributed by atoms with van der Waals surface area (Å²) in [7, 11) is -0.220. The molecule has 1 unspecified atom stereocenters. The SMILES string of the molecule is CC(CNS(=O)(=O)c1ccc(CO)cc1F)N(C)C. The van der Waals surface area contributed by atoms with Gasteiger partial charge in [0, 0.05) is 12.6 Å². The molecule has 0 fully saturated rings. The third kappa shape index (κ3) is 4.24. The van der Waals surface area contributed by atoms with E-state index in [9.17, 15) is 12.8 Å². The highest BCUT2D eigenvalue weighted by atomic mass is 32.2. The summed E-state index contributed by atoms with van der Waals surface area (Å²) in [5.74, 6) is -0.864. The molecule has 1 atom stereocenters. The van der Waals surface area contributed by atoms with Crippen LogP contribution in [0.2, 0.25) is 0 Å². The number of rotatable bonds is 6. The van der Waals surface area contributed by atoms with Crippen LogP contribution >= 0.6 is 0 Å². The van der Waals surface area contributed by atoms with Crippen molar-refractivity contribution in [3.8, 4) is 0 Å². The summed E-state index contributed by atoms with van der Waals surface area (Å²) >= 11 is 0. The Hall–Kier alpha value is -1.02. The summed E-state index contributed by atoms with van der Waals surface area (Å²) in [5, 5.41) is 8.86. The average Bonchev–Trinajstić information content (AvgIpc) is 2.35. The number of hydrogen-bond donors (Lipinski definition) is 2. The molecule has 0 aliphatic heterocycles. The van der Waals surface area contributed by atoms with E-state index in [0.717, 1.165) is 12.1 Å². The van der Waals surface area contributed by atoms with Crippen molar-refractivity contribution in [1.82, 2.24) is 9.62 Å². The molecular weight excluding hydrogens is 271 g/mol. The van der Waals surface area contributed by atoms with Crippen LogP contribution in [0.25, 0.3) is 0 Å². The van der Waals surface area contributed by atoms with Crippen LogP contribution in [0.4, 0.5) is 4.39 Å². The lowest BCUT2D eigenvalue weighted by Crippen LogP contribution is -2.38. The molecule has 19 heavy (non-hydrogen) atoms. The largest absolute Gasteiger partial charge is 0.392 e. The van der Waals surface area contributed by atoms with Crippen molar-refractivity contribution in [3.05, 3.63) is 29.6 Å². The van der Waals surface area contributed by atoms with E-state index in [1.54, 1.807) is 0 Å². The van der Waals surface area contributed by atoms with Crippen LogP contribution in [0, 0.1) is 5.82 Å². The van der Waals surface area contributed by atoms with Gasteiger partial charge in [-0.1, -0.05) is 6.07 Å². The van der Waals surface area contributed by atoms with Gasteiger partial charge in [0.1, 0.15) is 10.7 Å². The van der Waals surface area contributed by atoms with E-state index in [-0.39, 0.29) is 19.2 Å². The van der Waals surface area contributed by atoms with Gasteiger partial charge in [-0.25, -0.2) is 17.5 Å². The Labute approximate surface area is 113 Å². The van der Waals surface area contributed by atoms with Gasteiger partial charge in [-0.05, 0) is 38.7 Å². The van der Waals surface area contributed by atoms with Gasteiger partial charge >= 0.3 is 0 Å². The topological polar surface area (TPSA) is 69.6 Å². The van der Waals surface area contributed by atoms with E-state index in [1.165, 1.54) is 6.07 Å². The van der Waals surface area contributed by atoms with Crippen molar-refractivity contribution in [1.29, 1.82) is 0 Å². The van der Waals surface area contributed by atoms with E-state index in [1.807, 2.05) is 25.9 Å². The molecule has 0 saturated heterocycles. The summed E-state index contributed by atoms with van der Waals surface area (Å²) in [6, 6.07) is 3.55. The van der Waals surface area contributed by atoms with Gasteiger partial charge in [-0.15, -0.1) is 0 Å². The van der Waals surface area contributed by atoms with Gasteiger partial charge in [0.05, 0.1) is 6.61 Å². The zero-order chi connectivity index (χ0) is 14.6. The molecule has 0 bridgehead atoms. The summed E-state index contributed by atoms with van der Waals surface area (Å²) < 4.78 is 39.9. The number of aliphatic hydroxyl groups is 1. The molecule has 0 spiro atoms. The van der Waals surface area contributed by atoms with Gasteiger partial charge in [0.25, 0.3) is 0 Å². The average molecular weight is 290 g/mol. The number of nitrogens with one attached hydrogen (secondary N) is 1. The number of sulfonamides is 1. The maximum Gasteiger partial charge on any atom is 0.243 e. The zero-order valence-electron chi connectivity index (χ0n) is 11.2. The van der Waals surface area contributed by atoms with Crippen LogP contribution in [-0.2, 0) is 16.6 Å². The molecule has 108 valence electrons. The number of halogens is 1. The number of hydrogen-bond acceptors (Lipinski definition) is 4. The van der Waals surface area contributed by atoms with E-state index >= 15 is 0 Å². The molecule has 1 rings (SSSR count). The van der Waals surface area contributed by atoms with E-state index in [4.69, 9.17) is 5.11 Å². The summed E-state index contributed by atoms with van der Waals surface area (Å²) in [6.07, 6.45) is 0. The summed E-state index contributed by atoms with van der Waals surface area (Å²) in [4.78, 5) is 1.45. The van der Waals surface area contributed by atoms with Crippen molar-refractivity contribution < 1.29 is 17.9 Å². The predicted molar refractivity (Wildman–Crippen MR) is 70.7 cm³/mol. The van der Waals surface area contributed by atoms with Crippen molar-refractivity contribution in [2.75, 3.05) is 20.6 Å². The third-order valence-corrected chi connectivity index (χ3v) is 4.38. The van der Waals surface area contributed by atoms with Gasteiger partial charge in [0.15, 0.2) is 0 Å². The molecule has 5 nitrogen and oxygen atoms in total. The minimum absolute atomic E-state index is 0.00505. The molecule has 0 aliphatic rings. The molecule has 0 saturated carbocycles. The molecule has 2 N–H and O–H groups in total. The smallest absolute Gasteiger partial charge is 0.243 e. The first-order chi connectivity index (χ1) is 8.77. The van der Waals surface area contributed by atoms with E-state index in [2.05, 4.69) is 4.72 Å². The van der Waals surface area contributed by atoms with Crippen LogP contribution in [0.15, 0.2) is 23.1 Å². The molecule has 0 aromatic heterocycles. The fourth-order valence-electron chi connectivity index (χ4n) is 1.35. The maximum absolute atomic E-state index is 13.7. The van der Waals surface area contributed by atoms with Gasteiger partial charge in [-0.3, -0.25) is 0 Å². The highest BCUT2D eigenvalue weighted by Gasteiger charge is 2.20. The molecule has 0 amide bonds. The van der Waals surface area contributed by atoms with E-state index in [0.29, 0.717) is 5.56 Å². The molecule has 0 heterocycles. The minimum atomic E-state index is -3.88. The zero-order valence-corrected chi connectivity index (χ0v) is 12.0. The Morgan fingerprint density at radius 2 is 2.05 bits per heavy atom. The second-order valence-corrected chi connectivity index (χ2v) is 6.32. The minimum Gasteiger partial charge on any atom is -0.392 e. The highest BCUT2D eigenvalue weighted by molar-refractivity contribution is 7.89. The number of aliphatic hydroxyl groups excluding tert-OH is 1. The van der Waals surface area contributed by atoms with Gasteiger partial charge in [0.2, 0.25) is 10.0 Å². The fourth-order valence-corrected chi connectivity index (χ4v) is 2.53. The number of nitrogens with zero attached hydrogens (tertiary/aromatic N) is 1. The fraction of sp³-hybridized carbons (Fsp3) is 0.500. The van der Waals surface area contributed by atoms with Crippen LogP contribution in [0.1, 0.15) is 12.5 Å². The molecule has 0 aliphatic carbocycles. The normalized spacial score (nSPS) is 13.8. The number of likely N-dealkylation sites (N-methyl/N-ethyl adjacent to an activating group) is 1. The van der Waals surface area contributed by atoms with Crippen molar-refractivity contribution in [2.24, 2.45) is 0 Å². The van der Waals surface area contributed by atoms with Crippen LogP contribution in [-0.4, -0.2) is 45.1 Å². The Balaban J connectivity index is 2.89. The second kappa shape index (κ2) is 6.42. The second-order valence-electron chi connectivity index (χ2n) is 4.59. The number of benzene rings is 1. The Kier molecular flexibility index (Phi) is 5.42. The van der Waals surface area contributed by atoms with Crippen LogP contribution < -0.4 is 4.72 Å². The van der Waals surface area contributed by atoms with Crippen molar-refractivity contribution >= 4 is 10.0 Å². The lowest BCUT2D eigenvalue weighted by atomic mass is 10.2. The van der Waals surface area contributed by atoms with Crippen molar-refractivity contribution in [2.45, 2.75) is 24.5 Å². The highest BCUT2D eigenvalue weighted by Crippen LogP contribution is 2.16. The first-order valence-electron chi connectivity index (χ1n) is 5.83. The third-order valence-electron chi connectivity index (χ3n) is 2.92. The quantitative estimate of drug-likeness (QED) is 0.802. The molecule has 1 aromatic carbocycles. The van der Waals surface area contributed by atoms with Crippen LogP contribution in [0.5, 0.6) is 0 Å². The molecular formula is C12H19FN2O3S. The maximum atomic E-state index is 13.7. The first kappa shape index (κ1) is 16.0. The first-order valence-corrected chi connectivity index (χ1v) is 7.31. The standard InChI is InChI=1S/C12H19FN2O3S/c1-9(15(2)3)7-14-19(17,18)12-5-4-10(8-16)6-11(12)13/h4-6,9,14,16H,7-8H2,1-3H3. The predicted octanol–water partition coefficient (Wildman–Crippen LogP) is 0.546. The summed E-state index contributed by atoms with van der Waals surface area (Å²) in [5.41, 5.74) is 0.332. The molecule has 7 heteroatoms. The molecule has 0 radical (unpaired) electrons. The Morgan fingerprint density at radius 1 is 1.42 bits per heavy atom. The summed E-state index contributed by atoms with van der Waals surface area (Å²) in [6.45, 7) is 1.71. The lowest BCUT2D eigenvalue weighted by molar-refractivity contribution is 0.281. The molecule has 1 aromatic rings. The van der Waals surface area contributed by atoms with Gasteiger partial charge < -0.3 is 10.0 Å². The lowest BCUT2D eigenvalue weighted by Gasteiger charge is -2.20. The Bertz CT molecular complexity index is 532. The van der Waals surface area contributed by atoms with E-state index < -0.39 is 20.7 Å².